The zero-order chi connectivity index (χ0) is 18.7. The Morgan fingerprint density at radius 2 is 1.85 bits per heavy atom. The van der Waals surface area contributed by atoms with Gasteiger partial charge in [0.25, 0.3) is 0 Å². The SMILES string of the molecule is CN(C)CCCOc1ccc(C=C2Oc3c(ccc(O)c3O)C2=O)cc1. The maximum absolute atomic E-state index is 12.3. The first-order valence-corrected chi connectivity index (χ1v) is 8.32. The molecule has 0 radical (unpaired) electrons. The van der Waals surface area contributed by atoms with Crippen LogP contribution in [0.2, 0.25) is 0 Å². The fraction of sp³-hybridized carbons (Fsp3) is 0.250. The average molecular weight is 355 g/mol. The fourth-order valence-corrected chi connectivity index (χ4v) is 2.61. The van der Waals surface area contributed by atoms with E-state index >= 15 is 0 Å². The minimum Gasteiger partial charge on any atom is -0.504 e. The van der Waals surface area contributed by atoms with Crippen LogP contribution in [0.25, 0.3) is 6.08 Å². The number of hydrogen-bond donors (Lipinski definition) is 2. The molecule has 2 N–H and O–H groups in total. The highest BCUT2D eigenvalue weighted by Gasteiger charge is 2.31. The molecule has 0 saturated heterocycles. The molecular formula is C20H21NO5. The van der Waals surface area contributed by atoms with Gasteiger partial charge in [0.15, 0.2) is 17.3 Å². The number of Topliss-reactive ketones (excluding diaryl/α,β-unsaturated/α-hetero) is 1. The van der Waals surface area contributed by atoms with Crippen molar-refractivity contribution >= 4 is 11.9 Å². The van der Waals surface area contributed by atoms with Crippen LogP contribution >= 0.6 is 0 Å². The molecule has 1 aliphatic rings. The minimum absolute atomic E-state index is 0.0119. The number of nitrogens with zero attached hydrogens (tertiary/aromatic N) is 1. The number of rotatable bonds is 6. The van der Waals surface area contributed by atoms with Crippen LogP contribution in [0, 0.1) is 0 Å². The second-order valence-electron chi connectivity index (χ2n) is 6.32. The smallest absolute Gasteiger partial charge is 0.232 e. The highest BCUT2D eigenvalue weighted by atomic mass is 16.5. The molecule has 136 valence electrons. The zero-order valence-electron chi connectivity index (χ0n) is 14.7. The molecule has 0 spiro atoms. The van der Waals surface area contributed by atoms with E-state index in [4.69, 9.17) is 9.47 Å². The summed E-state index contributed by atoms with van der Waals surface area (Å²) in [4.78, 5) is 14.5. The molecule has 1 aliphatic heterocycles. The van der Waals surface area contributed by atoms with E-state index in [0.717, 1.165) is 24.3 Å². The quantitative estimate of drug-likeness (QED) is 0.471. The number of benzene rings is 2. The Bertz CT molecular complexity index is 840. The molecular weight excluding hydrogens is 334 g/mol. The van der Waals surface area contributed by atoms with Crippen molar-refractivity contribution < 1.29 is 24.5 Å². The molecule has 26 heavy (non-hydrogen) atoms. The summed E-state index contributed by atoms with van der Waals surface area (Å²) in [7, 11) is 4.04. The Hall–Kier alpha value is -2.99. The summed E-state index contributed by atoms with van der Waals surface area (Å²) in [5.41, 5.74) is 0.998. The minimum atomic E-state index is -0.430. The van der Waals surface area contributed by atoms with Crippen molar-refractivity contribution in [2.45, 2.75) is 6.42 Å². The molecule has 6 heteroatoms. The molecule has 0 bridgehead atoms. The number of ether oxygens (including phenoxy) is 2. The van der Waals surface area contributed by atoms with Crippen LogP contribution in [0.15, 0.2) is 42.2 Å². The van der Waals surface area contributed by atoms with Crippen molar-refractivity contribution in [2.75, 3.05) is 27.2 Å². The van der Waals surface area contributed by atoms with E-state index in [-0.39, 0.29) is 28.6 Å². The Labute approximate surface area is 151 Å². The first kappa shape index (κ1) is 17.8. The van der Waals surface area contributed by atoms with Crippen LogP contribution in [-0.4, -0.2) is 48.1 Å². The van der Waals surface area contributed by atoms with Crippen LogP contribution in [0.5, 0.6) is 23.0 Å². The summed E-state index contributed by atoms with van der Waals surface area (Å²) >= 11 is 0. The number of carbonyl (C=O) groups is 1. The van der Waals surface area contributed by atoms with E-state index in [1.807, 2.05) is 38.4 Å². The summed E-state index contributed by atoms with van der Waals surface area (Å²) < 4.78 is 11.1. The highest BCUT2D eigenvalue weighted by molar-refractivity contribution is 6.15. The van der Waals surface area contributed by atoms with Gasteiger partial charge in [0, 0.05) is 6.54 Å². The lowest BCUT2D eigenvalue weighted by Crippen LogP contribution is -2.15. The van der Waals surface area contributed by atoms with Gasteiger partial charge in [-0.15, -0.1) is 0 Å². The number of allylic oxidation sites excluding steroid dienone is 1. The zero-order valence-corrected chi connectivity index (χ0v) is 14.7. The standard InChI is InChI=1S/C20H21NO5/c1-21(2)10-3-11-25-14-6-4-13(5-7-14)12-17-18(23)15-8-9-16(22)19(24)20(15)26-17/h4-9,12,22,24H,3,10-11H2,1-2H3. The average Bonchev–Trinajstić information content (AvgIpc) is 2.93. The van der Waals surface area contributed by atoms with Gasteiger partial charge >= 0.3 is 0 Å². The van der Waals surface area contributed by atoms with Crippen molar-refractivity contribution in [2.24, 2.45) is 0 Å². The molecule has 6 nitrogen and oxygen atoms in total. The first-order valence-electron chi connectivity index (χ1n) is 8.32. The van der Waals surface area contributed by atoms with Gasteiger partial charge in [-0.05, 0) is 56.4 Å². The van der Waals surface area contributed by atoms with Gasteiger partial charge in [-0.3, -0.25) is 4.79 Å². The molecule has 2 aromatic carbocycles. The van der Waals surface area contributed by atoms with E-state index in [0.29, 0.717) is 6.61 Å². The Morgan fingerprint density at radius 1 is 1.12 bits per heavy atom. The van der Waals surface area contributed by atoms with Gasteiger partial charge in [0.05, 0.1) is 12.2 Å². The number of carbonyl (C=O) groups excluding carboxylic acids is 1. The molecule has 0 atom stereocenters. The van der Waals surface area contributed by atoms with Crippen LogP contribution in [0.4, 0.5) is 0 Å². The summed E-state index contributed by atoms with van der Waals surface area (Å²) in [5, 5.41) is 19.3. The number of fused-ring (bicyclic) bond motifs is 1. The molecule has 0 aliphatic carbocycles. The summed E-state index contributed by atoms with van der Waals surface area (Å²) in [6.45, 7) is 1.60. The largest absolute Gasteiger partial charge is 0.504 e. The van der Waals surface area contributed by atoms with Gasteiger partial charge < -0.3 is 24.6 Å². The molecule has 3 rings (SSSR count). The highest BCUT2D eigenvalue weighted by Crippen LogP contribution is 2.44. The van der Waals surface area contributed by atoms with Crippen LogP contribution < -0.4 is 9.47 Å². The number of phenols is 2. The van der Waals surface area contributed by atoms with Gasteiger partial charge in [-0.1, -0.05) is 12.1 Å². The molecule has 1 heterocycles. The van der Waals surface area contributed by atoms with Crippen LogP contribution in [-0.2, 0) is 0 Å². The van der Waals surface area contributed by atoms with Gasteiger partial charge in [0.2, 0.25) is 11.5 Å². The summed E-state index contributed by atoms with van der Waals surface area (Å²) in [5.74, 6) is -0.244. The van der Waals surface area contributed by atoms with Crippen molar-refractivity contribution in [1.29, 1.82) is 0 Å². The van der Waals surface area contributed by atoms with Crippen LogP contribution in [0.3, 0.4) is 0 Å². The van der Waals surface area contributed by atoms with E-state index in [1.54, 1.807) is 6.08 Å². The van der Waals surface area contributed by atoms with Gasteiger partial charge in [-0.25, -0.2) is 0 Å². The Morgan fingerprint density at radius 3 is 2.54 bits per heavy atom. The van der Waals surface area contributed by atoms with Crippen molar-refractivity contribution in [1.82, 2.24) is 4.90 Å². The van der Waals surface area contributed by atoms with Crippen LogP contribution in [0.1, 0.15) is 22.3 Å². The summed E-state index contributed by atoms with van der Waals surface area (Å²) in [6, 6.07) is 10.0. The Balaban J connectivity index is 1.67. The third-order valence-electron chi connectivity index (χ3n) is 3.99. The second kappa shape index (κ2) is 7.49. The van der Waals surface area contributed by atoms with Gasteiger partial charge in [0.1, 0.15) is 5.75 Å². The topological polar surface area (TPSA) is 79.2 Å². The first-order chi connectivity index (χ1) is 12.5. The molecule has 2 aromatic rings. The lowest BCUT2D eigenvalue weighted by Gasteiger charge is -2.10. The maximum Gasteiger partial charge on any atom is 0.232 e. The van der Waals surface area contributed by atoms with E-state index in [2.05, 4.69) is 4.90 Å². The van der Waals surface area contributed by atoms with Crippen molar-refractivity contribution in [3.8, 4) is 23.0 Å². The number of hydrogen-bond acceptors (Lipinski definition) is 6. The fourth-order valence-electron chi connectivity index (χ4n) is 2.61. The number of ketones is 1. The third kappa shape index (κ3) is 3.81. The Kier molecular flexibility index (Phi) is 5.14. The predicted octanol–water partition coefficient (Wildman–Crippen LogP) is 3.04. The predicted molar refractivity (Wildman–Crippen MR) is 97.8 cm³/mol. The lowest BCUT2D eigenvalue weighted by atomic mass is 10.1. The number of aromatic hydroxyl groups is 2. The van der Waals surface area contributed by atoms with Crippen molar-refractivity contribution in [3.63, 3.8) is 0 Å². The lowest BCUT2D eigenvalue weighted by molar-refractivity contribution is 0.101. The molecule has 0 unspecified atom stereocenters. The van der Waals surface area contributed by atoms with E-state index in [9.17, 15) is 15.0 Å². The normalized spacial score (nSPS) is 14.6. The molecule has 0 fully saturated rings. The maximum atomic E-state index is 12.3. The third-order valence-corrected chi connectivity index (χ3v) is 3.99. The number of phenolic OH excluding ortho intramolecular Hbond substituents is 2. The summed E-state index contributed by atoms with van der Waals surface area (Å²) in [6.07, 6.45) is 2.53. The monoisotopic (exact) mass is 355 g/mol. The van der Waals surface area contributed by atoms with E-state index < -0.39 is 5.75 Å². The second-order valence-corrected chi connectivity index (χ2v) is 6.32. The van der Waals surface area contributed by atoms with Crippen molar-refractivity contribution in [3.05, 3.63) is 53.3 Å². The molecule has 0 saturated carbocycles. The molecule has 0 aromatic heterocycles. The van der Waals surface area contributed by atoms with Gasteiger partial charge in [-0.2, -0.15) is 0 Å². The molecule has 0 amide bonds. The van der Waals surface area contributed by atoms with E-state index in [1.165, 1.54) is 12.1 Å².